The minimum absolute atomic E-state index is 0.0134. The predicted molar refractivity (Wildman–Crippen MR) is 71.2 cm³/mol. The predicted octanol–water partition coefficient (Wildman–Crippen LogP) is 2.51. The molecule has 0 aromatic carbocycles. The Bertz CT molecular complexity index is 375. The molecule has 2 fully saturated rings. The number of aliphatic hydroxyl groups is 1. The van der Waals surface area contributed by atoms with Crippen molar-refractivity contribution in [2.24, 2.45) is 11.8 Å². The molecule has 1 aromatic rings. The number of rotatable bonds is 3. The van der Waals surface area contributed by atoms with Crippen molar-refractivity contribution in [2.75, 3.05) is 13.1 Å². The molecule has 0 amide bonds. The van der Waals surface area contributed by atoms with Gasteiger partial charge in [-0.2, -0.15) is 0 Å². The fraction of sp³-hybridized carbons (Fsp3) is 0.714. The lowest BCUT2D eigenvalue weighted by Gasteiger charge is -2.16. The van der Waals surface area contributed by atoms with Gasteiger partial charge in [0.1, 0.15) is 0 Å². The van der Waals surface area contributed by atoms with Gasteiger partial charge >= 0.3 is 0 Å². The van der Waals surface area contributed by atoms with Crippen LogP contribution < -0.4 is 0 Å². The van der Waals surface area contributed by atoms with Gasteiger partial charge in [-0.05, 0) is 43.2 Å². The number of thiophene rings is 1. The summed E-state index contributed by atoms with van der Waals surface area (Å²) >= 11 is 1.96. The van der Waals surface area contributed by atoms with Gasteiger partial charge in [0.15, 0.2) is 0 Å². The van der Waals surface area contributed by atoms with Crippen LogP contribution in [0, 0.1) is 11.8 Å². The highest BCUT2D eigenvalue weighted by atomic mass is 32.1. The minimum Gasteiger partial charge on any atom is -0.393 e. The van der Waals surface area contributed by atoms with E-state index >= 15 is 0 Å². The Labute approximate surface area is 107 Å². The number of hydrogen-bond donors (Lipinski definition) is 1. The smallest absolute Gasteiger partial charge is 0.0546 e. The molecule has 1 unspecified atom stereocenters. The van der Waals surface area contributed by atoms with Gasteiger partial charge in [0.05, 0.1) is 6.10 Å². The SMILES string of the molecule is CCc1ccc(CN2C[C@H]3CC(O)C[C@H]3C2)s1. The topological polar surface area (TPSA) is 23.5 Å². The summed E-state index contributed by atoms with van der Waals surface area (Å²) in [5.74, 6) is 1.52. The number of nitrogens with zero attached hydrogens (tertiary/aromatic N) is 1. The number of hydrogen-bond acceptors (Lipinski definition) is 3. The molecule has 1 aliphatic heterocycles. The van der Waals surface area contributed by atoms with Gasteiger partial charge in [0.2, 0.25) is 0 Å². The first kappa shape index (κ1) is 11.7. The zero-order valence-corrected chi connectivity index (χ0v) is 11.2. The maximum Gasteiger partial charge on any atom is 0.0546 e. The Morgan fingerprint density at radius 1 is 1.24 bits per heavy atom. The summed E-state index contributed by atoms with van der Waals surface area (Å²) in [5, 5.41) is 9.63. The third kappa shape index (κ3) is 2.42. The van der Waals surface area contributed by atoms with E-state index in [9.17, 15) is 5.11 Å². The van der Waals surface area contributed by atoms with Gasteiger partial charge in [-0.25, -0.2) is 0 Å². The monoisotopic (exact) mass is 251 g/mol. The van der Waals surface area contributed by atoms with Crippen LogP contribution in [0.15, 0.2) is 12.1 Å². The Hall–Kier alpha value is -0.380. The van der Waals surface area contributed by atoms with Crippen LogP contribution in [-0.2, 0) is 13.0 Å². The molecule has 1 aliphatic carbocycles. The fourth-order valence-electron chi connectivity index (χ4n) is 3.41. The summed E-state index contributed by atoms with van der Waals surface area (Å²) in [4.78, 5) is 5.57. The van der Waals surface area contributed by atoms with Crippen molar-refractivity contribution < 1.29 is 5.11 Å². The lowest BCUT2D eigenvalue weighted by Crippen LogP contribution is -2.22. The quantitative estimate of drug-likeness (QED) is 0.892. The molecule has 3 rings (SSSR count). The summed E-state index contributed by atoms with van der Waals surface area (Å²) in [7, 11) is 0. The third-order valence-corrected chi connectivity index (χ3v) is 5.46. The molecular formula is C14H21NOS. The van der Waals surface area contributed by atoms with Gasteiger partial charge < -0.3 is 5.11 Å². The van der Waals surface area contributed by atoms with Crippen molar-refractivity contribution in [2.45, 2.75) is 38.8 Å². The van der Waals surface area contributed by atoms with Crippen LogP contribution >= 0.6 is 11.3 Å². The van der Waals surface area contributed by atoms with Crippen LogP contribution in [0.5, 0.6) is 0 Å². The highest BCUT2D eigenvalue weighted by Crippen LogP contribution is 2.38. The van der Waals surface area contributed by atoms with E-state index in [2.05, 4.69) is 24.0 Å². The Balaban J connectivity index is 1.57. The third-order valence-electron chi connectivity index (χ3n) is 4.25. The van der Waals surface area contributed by atoms with Crippen molar-refractivity contribution >= 4 is 11.3 Å². The Kier molecular flexibility index (Phi) is 3.24. The molecule has 1 saturated carbocycles. The molecule has 2 heterocycles. The molecule has 17 heavy (non-hydrogen) atoms. The van der Waals surface area contributed by atoms with Crippen LogP contribution in [0.25, 0.3) is 0 Å². The maximum atomic E-state index is 9.63. The Morgan fingerprint density at radius 3 is 2.47 bits per heavy atom. The Morgan fingerprint density at radius 2 is 1.88 bits per heavy atom. The van der Waals surface area contributed by atoms with Gasteiger partial charge in [-0.1, -0.05) is 6.92 Å². The summed E-state index contributed by atoms with van der Waals surface area (Å²) < 4.78 is 0. The molecule has 3 atom stereocenters. The summed E-state index contributed by atoms with van der Waals surface area (Å²) in [6.45, 7) is 5.73. The van der Waals surface area contributed by atoms with E-state index in [0.29, 0.717) is 0 Å². The average molecular weight is 251 g/mol. The zero-order valence-electron chi connectivity index (χ0n) is 10.4. The first-order valence-corrected chi connectivity index (χ1v) is 7.54. The minimum atomic E-state index is -0.0134. The van der Waals surface area contributed by atoms with E-state index in [1.807, 2.05) is 11.3 Å². The van der Waals surface area contributed by atoms with Gasteiger partial charge in [0.25, 0.3) is 0 Å². The van der Waals surface area contributed by atoms with Crippen molar-refractivity contribution in [3.05, 3.63) is 21.9 Å². The van der Waals surface area contributed by atoms with Crippen LogP contribution in [0.2, 0.25) is 0 Å². The van der Waals surface area contributed by atoms with Crippen LogP contribution in [0.1, 0.15) is 29.5 Å². The van der Waals surface area contributed by atoms with Crippen LogP contribution in [0.3, 0.4) is 0 Å². The van der Waals surface area contributed by atoms with Crippen LogP contribution in [-0.4, -0.2) is 29.2 Å². The molecule has 1 N–H and O–H groups in total. The molecule has 0 bridgehead atoms. The maximum absolute atomic E-state index is 9.63. The number of aliphatic hydroxyl groups excluding tert-OH is 1. The van der Waals surface area contributed by atoms with Gasteiger partial charge in [0, 0.05) is 29.4 Å². The van der Waals surface area contributed by atoms with Crippen molar-refractivity contribution in [1.82, 2.24) is 4.90 Å². The van der Waals surface area contributed by atoms with Gasteiger partial charge in [-0.15, -0.1) is 11.3 Å². The number of aryl methyl sites for hydroxylation is 1. The lowest BCUT2D eigenvalue weighted by atomic mass is 10.0. The molecule has 94 valence electrons. The second-order valence-corrected chi connectivity index (χ2v) is 6.81. The fourth-order valence-corrected chi connectivity index (χ4v) is 4.41. The molecular weight excluding hydrogens is 230 g/mol. The van der Waals surface area contributed by atoms with E-state index in [-0.39, 0.29) is 6.10 Å². The number of fused-ring (bicyclic) bond motifs is 1. The van der Waals surface area contributed by atoms with Crippen molar-refractivity contribution in [1.29, 1.82) is 0 Å². The molecule has 1 saturated heterocycles. The van der Waals surface area contributed by atoms with Crippen molar-refractivity contribution in [3.8, 4) is 0 Å². The van der Waals surface area contributed by atoms with Crippen LogP contribution in [0.4, 0.5) is 0 Å². The van der Waals surface area contributed by atoms with E-state index in [1.165, 1.54) is 22.8 Å². The summed E-state index contributed by atoms with van der Waals surface area (Å²) in [6.07, 6.45) is 3.21. The highest BCUT2D eigenvalue weighted by molar-refractivity contribution is 7.11. The standard InChI is InChI=1S/C14H21NOS/c1-2-13-3-4-14(17-13)9-15-7-10-5-12(16)6-11(10)8-15/h3-4,10-12,16H,2,5-9H2,1H3/t10-,11+,12?. The molecule has 1 aromatic heterocycles. The zero-order chi connectivity index (χ0) is 11.8. The van der Waals surface area contributed by atoms with Crippen molar-refractivity contribution in [3.63, 3.8) is 0 Å². The average Bonchev–Trinajstić information content (AvgIpc) is 2.93. The van der Waals surface area contributed by atoms with E-state index in [1.54, 1.807) is 0 Å². The van der Waals surface area contributed by atoms with E-state index in [4.69, 9.17) is 0 Å². The molecule has 2 nitrogen and oxygen atoms in total. The lowest BCUT2D eigenvalue weighted by molar-refractivity contribution is 0.161. The second kappa shape index (κ2) is 4.71. The van der Waals surface area contributed by atoms with Gasteiger partial charge in [-0.3, -0.25) is 4.90 Å². The van der Waals surface area contributed by atoms with E-state index in [0.717, 1.165) is 37.6 Å². The highest BCUT2D eigenvalue weighted by Gasteiger charge is 2.39. The first-order chi connectivity index (χ1) is 8.24. The molecule has 0 radical (unpaired) electrons. The second-order valence-electron chi connectivity index (χ2n) is 5.56. The molecule has 0 spiro atoms. The molecule has 3 heteroatoms. The number of likely N-dealkylation sites (tertiary alicyclic amines) is 1. The first-order valence-electron chi connectivity index (χ1n) is 6.72. The largest absolute Gasteiger partial charge is 0.393 e. The van der Waals surface area contributed by atoms with E-state index < -0.39 is 0 Å². The summed E-state index contributed by atoms with van der Waals surface area (Å²) in [5.41, 5.74) is 0. The normalized spacial score (nSPS) is 33.2. The molecule has 2 aliphatic rings. The summed E-state index contributed by atoms with van der Waals surface area (Å²) in [6, 6.07) is 4.55.